The lowest BCUT2D eigenvalue weighted by Gasteiger charge is -2.13. The summed E-state index contributed by atoms with van der Waals surface area (Å²) >= 11 is 0. The fourth-order valence-corrected chi connectivity index (χ4v) is 1.64. The number of hydrogen-bond acceptors (Lipinski definition) is 3. The quantitative estimate of drug-likeness (QED) is 0.889. The van der Waals surface area contributed by atoms with E-state index in [2.05, 4.69) is 10.3 Å². The van der Waals surface area contributed by atoms with E-state index in [0.717, 1.165) is 6.07 Å². The molecule has 1 aromatic carbocycles. The first-order valence-corrected chi connectivity index (χ1v) is 5.57. The first kappa shape index (κ1) is 13.9. The number of nitrogen functional groups attached to an aromatic ring is 1. The van der Waals surface area contributed by atoms with Gasteiger partial charge in [-0.25, -0.2) is 4.98 Å². The van der Waals surface area contributed by atoms with Gasteiger partial charge in [-0.05, 0) is 24.3 Å². The summed E-state index contributed by atoms with van der Waals surface area (Å²) in [6.07, 6.45) is -3.17. The van der Waals surface area contributed by atoms with Gasteiger partial charge < -0.3 is 11.1 Å². The van der Waals surface area contributed by atoms with Gasteiger partial charge in [-0.15, -0.1) is 0 Å². The van der Waals surface area contributed by atoms with Crippen molar-refractivity contribution in [2.45, 2.75) is 6.18 Å². The number of benzene rings is 1. The van der Waals surface area contributed by atoms with Crippen LogP contribution in [-0.4, -0.2) is 10.9 Å². The van der Waals surface area contributed by atoms with Gasteiger partial charge in [0.05, 0.1) is 16.8 Å². The molecule has 1 aromatic heterocycles. The Labute approximate surface area is 112 Å². The van der Waals surface area contributed by atoms with E-state index >= 15 is 0 Å². The van der Waals surface area contributed by atoms with E-state index in [-0.39, 0.29) is 17.1 Å². The van der Waals surface area contributed by atoms with Crippen molar-refractivity contribution in [3.8, 4) is 0 Å². The number of anilines is 2. The lowest BCUT2D eigenvalue weighted by molar-refractivity contribution is -0.136. The zero-order valence-electron chi connectivity index (χ0n) is 10.1. The van der Waals surface area contributed by atoms with Crippen LogP contribution in [0.15, 0.2) is 42.6 Å². The Morgan fingerprint density at radius 1 is 1.15 bits per heavy atom. The molecule has 104 valence electrons. The standard InChI is InChI=1S/C13H10F3N3O/c14-13(15,16)9-5-1-2-6-10(9)19-12(20)8-4-3-7-18-11(8)17/h1-7H,(H2,17,18)(H,19,20). The third kappa shape index (κ3) is 2.87. The minimum Gasteiger partial charge on any atom is -0.383 e. The van der Waals surface area contributed by atoms with Crippen LogP contribution in [0.25, 0.3) is 0 Å². The molecule has 0 atom stereocenters. The highest BCUT2D eigenvalue weighted by molar-refractivity contribution is 6.07. The van der Waals surface area contributed by atoms with E-state index in [9.17, 15) is 18.0 Å². The minimum atomic E-state index is -4.55. The van der Waals surface area contributed by atoms with Crippen LogP contribution in [0.2, 0.25) is 0 Å². The zero-order valence-corrected chi connectivity index (χ0v) is 10.1. The molecular formula is C13H10F3N3O. The second-order valence-corrected chi connectivity index (χ2v) is 3.93. The summed E-state index contributed by atoms with van der Waals surface area (Å²) in [7, 11) is 0. The number of hydrogen-bond donors (Lipinski definition) is 2. The lowest BCUT2D eigenvalue weighted by atomic mass is 10.1. The second kappa shape index (κ2) is 5.20. The van der Waals surface area contributed by atoms with Crippen molar-refractivity contribution in [1.29, 1.82) is 0 Å². The van der Waals surface area contributed by atoms with Crippen molar-refractivity contribution in [2.24, 2.45) is 0 Å². The topological polar surface area (TPSA) is 68.0 Å². The zero-order chi connectivity index (χ0) is 14.8. The summed E-state index contributed by atoms with van der Waals surface area (Å²) in [5, 5.41) is 2.20. The van der Waals surface area contributed by atoms with Crippen molar-refractivity contribution in [3.05, 3.63) is 53.7 Å². The predicted octanol–water partition coefficient (Wildman–Crippen LogP) is 2.93. The number of rotatable bonds is 2. The number of pyridine rings is 1. The molecule has 0 aliphatic rings. The van der Waals surface area contributed by atoms with Gasteiger partial charge in [-0.2, -0.15) is 13.2 Å². The third-order valence-electron chi connectivity index (χ3n) is 2.56. The molecule has 0 saturated carbocycles. The highest BCUT2D eigenvalue weighted by Gasteiger charge is 2.33. The molecule has 0 unspecified atom stereocenters. The summed E-state index contributed by atoms with van der Waals surface area (Å²) in [6.45, 7) is 0. The lowest BCUT2D eigenvalue weighted by Crippen LogP contribution is -2.18. The molecule has 20 heavy (non-hydrogen) atoms. The van der Waals surface area contributed by atoms with Crippen molar-refractivity contribution in [1.82, 2.24) is 4.98 Å². The largest absolute Gasteiger partial charge is 0.418 e. The summed E-state index contributed by atoms with van der Waals surface area (Å²) in [5.41, 5.74) is 4.28. The van der Waals surface area contributed by atoms with Gasteiger partial charge in [0.1, 0.15) is 5.82 Å². The Hall–Kier alpha value is -2.57. The summed E-state index contributed by atoms with van der Waals surface area (Å²) in [6, 6.07) is 7.57. The number of nitrogens with zero attached hydrogens (tertiary/aromatic N) is 1. The Bertz CT molecular complexity index is 641. The van der Waals surface area contributed by atoms with Gasteiger partial charge in [-0.3, -0.25) is 4.79 Å². The molecule has 0 spiro atoms. The van der Waals surface area contributed by atoms with Gasteiger partial charge in [0.2, 0.25) is 0 Å². The molecule has 0 radical (unpaired) electrons. The summed E-state index contributed by atoms with van der Waals surface area (Å²) < 4.78 is 38.4. The van der Waals surface area contributed by atoms with Gasteiger partial charge in [-0.1, -0.05) is 12.1 Å². The number of carbonyl (C=O) groups is 1. The van der Waals surface area contributed by atoms with Crippen LogP contribution >= 0.6 is 0 Å². The molecule has 7 heteroatoms. The Kier molecular flexibility index (Phi) is 3.60. The number of para-hydroxylation sites is 1. The maximum atomic E-state index is 12.8. The van der Waals surface area contributed by atoms with Crippen molar-refractivity contribution in [2.75, 3.05) is 11.1 Å². The molecular weight excluding hydrogens is 271 g/mol. The van der Waals surface area contributed by atoms with E-state index in [1.807, 2.05) is 0 Å². The second-order valence-electron chi connectivity index (χ2n) is 3.93. The molecule has 1 heterocycles. The molecule has 3 N–H and O–H groups in total. The molecule has 0 aliphatic heterocycles. The molecule has 0 aliphatic carbocycles. The number of alkyl halides is 3. The molecule has 4 nitrogen and oxygen atoms in total. The van der Waals surface area contributed by atoms with Crippen LogP contribution in [0.4, 0.5) is 24.7 Å². The fourth-order valence-electron chi connectivity index (χ4n) is 1.64. The highest BCUT2D eigenvalue weighted by Crippen LogP contribution is 2.34. The summed E-state index contributed by atoms with van der Waals surface area (Å²) in [5.74, 6) is -0.790. The van der Waals surface area contributed by atoms with E-state index in [0.29, 0.717) is 0 Å². The van der Waals surface area contributed by atoms with Crippen LogP contribution in [0.5, 0.6) is 0 Å². The first-order chi connectivity index (χ1) is 9.39. The van der Waals surface area contributed by atoms with Crippen LogP contribution in [0.3, 0.4) is 0 Å². The first-order valence-electron chi connectivity index (χ1n) is 5.57. The molecule has 0 fully saturated rings. The van der Waals surface area contributed by atoms with E-state index in [4.69, 9.17) is 5.73 Å². The number of aromatic nitrogens is 1. The monoisotopic (exact) mass is 281 g/mol. The van der Waals surface area contributed by atoms with E-state index < -0.39 is 17.6 Å². The molecule has 0 bridgehead atoms. The number of halogens is 3. The van der Waals surface area contributed by atoms with Crippen LogP contribution in [0.1, 0.15) is 15.9 Å². The average Bonchev–Trinajstić information content (AvgIpc) is 2.38. The smallest absolute Gasteiger partial charge is 0.383 e. The van der Waals surface area contributed by atoms with E-state index in [1.54, 1.807) is 0 Å². The normalized spacial score (nSPS) is 11.2. The Morgan fingerprint density at radius 3 is 2.50 bits per heavy atom. The van der Waals surface area contributed by atoms with Crippen molar-refractivity contribution < 1.29 is 18.0 Å². The molecule has 1 amide bonds. The van der Waals surface area contributed by atoms with Crippen molar-refractivity contribution >= 4 is 17.4 Å². The maximum absolute atomic E-state index is 12.8. The van der Waals surface area contributed by atoms with Crippen LogP contribution < -0.4 is 11.1 Å². The Balaban J connectivity index is 2.32. The maximum Gasteiger partial charge on any atom is 0.418 e. The number of amides is 1. The Morgan fingerprint density at radius 2 is 1.85 bits per heavy atom. The van der Waals surface area contributed by atoms with Crippen molar-refractivity contribution in [3.63, 3.8) is 0 Å². The number of nitrogens with two attached hydrogens (primary N) is 1. The predicted molar refractivity (Wildman–Crippen MR) is 68.0 cm³/mol. The third-order valence-corrected chi connectivity index (χ3v) is 2.56. The van der Waals surface area contributed by atoms with Gasteiger partial charge in [0.25, 0.3) is 5.91 Å². The van der Waals surface area contributed by atoms with Gasteiger partial charge in [0, 0.05) is 6.20 Å². The van der Waals surface area contributed by atoms with Gasteiger partial charge in [0.15, 0.2) is 0 Å². The van der Waals surface area contributed by atoms with E-state index in [1.165, 1.54) is 36.5 Å². The van der Waals surface area contributed by atoms with Crippen LogP contribution in [-0.2, 0) is 6.18 Å². The minimum absolute atomic E-state index is 0.0180. The number of carbonyl (C=O) groups excluding carboxylic acids is 1. The highest BCUT2D eigenvalue weighted by atomic mass is 19.4. The SMILES string of the molecule is Nc1ncccc1C(=O)Nc1ccccc1C(F)(F)F. The van der Waals surface area contributed by atoms with Gasteiger partial charge >= 0.3 is 6.18 Å². The molecule has 0 saturated heterocycles. The summed E-state index contributed by atoms with van der Waals surface area (Å²) in [4.78, 5) is 15.6. The molecule has 2 rings (SSSR count). The average molecular weight is 281 g/mol. The molecule has 2 aromatic rings. The number of nitrogens with one attached hydrogen (secondary N) is 1. The fraction of sp³-hybridized carbons (Fsp3) is 0.0769. The van der Waals surface area contributed by atoms with Crippen LogP contribution in [0, 0.1) is 0 Å².